The van der Waals surface area contributed by atoms with Crippen LogP contribution in [0.2, 0.25) is 0 Å². The zero-order chi connectivity index (χ0) is 20.9. The molecule has 6 heteroatoms. The predicted octanol–water partition coefficient (Wildman–Crippen LogP) is 4.36. The topological polar surface area (TPSA) is 60.0 Å². The largest absolute Gasteiger partial charge is 0.493 e. The fourth-order valence-corrected chi connectivity index (χ4v) is 4.25. The number of likely N-dealkylation sites (tertiary alicyclic amines) is 1. The Kier molecular flexibility index (Phi) is 6.43. The van der Waals surface area contributed by atoms with Crippen LogP contribution in [0.15, 0.2) is 36.4 Å². The summed E-state index contributed by atoms with van der Waals surface area (Å²) in [5.74, 6) is 2.91. The lowest BCUT2D eigenvalue weighted by molar-refractivity contribution is -0.116. The highest BCUT2D eigenvalue weighted by molar-refractivity contribution is 5.90. The van der Waals surface area contributed by atoms with Gasteiger partial charge in [-0.1, -0.05) is 12.1 Å². The molecule has 0 spiro atoms. The Bertz CT molecular complexity index is 891. The second-order valence-corrected chi connectivity index (χ2v) is 8.21. The maximum atomic E-state index is 12.3. The van der Waals surface area contributed by atoms with Gasteiger partial charge >= 0.3 is 0 Å². The standard InChI is InChI=1S/C24H30N2O4/c1-17-4-3-5-20(12-17)25-23(27)7-6-18-8-10-26(11-9-18)15-19-13-21(28-2)24-22(14-19)29-16-30-24/h3-5,12-14,18H,6-11,15-16H2,1-2H3,(H,25,27). The van der Waals surface area contributed by atoms with Gasteiger partial charge in [-0.05, 0) is 80.6 Å². The van der Waals surface area contributed by atoms with Crippen LogP contribution in [0.4, 0.5) is 5.69 Å². The predicted molar refractivity (Wildman–Crippen MR) is 116 cm³/mol. The Labute approximate surface area is 178 Å². The van der Waals surface area contributed by atoms with Crippen LogP contribution in [0.1, 0.15) is 36.8 Å². The first-order valence-corrected chi connectivity index (χ1v) is 10.7. The van der Waals surface area contributed by atoms with Crippen LogP contribution in [0.3, 0.4) is 0 Å². The van der Waals surface area contributed by atoms with Gasteiger partial charge in [0.05, 0.1) is 7.11 Å². The van der Waals surface area contributed by atoms with Crippen LogP contribution < -0.4 is 19.5 Å². The molecule has 6 nitrogen and oxygen atoms in total. The zero-order valence-electron chi connectivity index (χ0n) is 17.8. The van der Waals surface area contributed by atoms with E-state index in [9.17, 15) is 4.79 Å². The normalized spacial score (nSPS) is 16.5. The molecule has 1 N–H and O–H groups in total. The van der Waals surface area contributed by atoms with Gasteiger partial charge in [0.2, 0.25) is 18.4 Å². The number of aryl methyl sites for hydroxylation is 1. The van der Waals surface area contributed by atoms with Crippen molar-refractivity contribution in [2.45, 2.75) is 39.2 Å². The summed E-state index contributed by atoms with van der Waals surface area (Å²) in [6.07, 6.45) is 3.78. The summed E-state index contributed by atoms with van der Waals surface area (Å²) in [5.41, 5.74) is 3.21. The van der Waals surface area contributed by atoms with E-state index in [1.165, 1.54) is 5.56 Å². The highest BCUT2D eigenvalue weighted by atomic mass is 16.7. The molecule has 0 unspecified atom stereocenters. The molecule has 160 valence electrons. The number of hydrogen-bond donors (Lipinski definition) is 1. The number of methoxy groups -OCH3 is 1. The third-order valence-electron chi connectivity index (χ3n) is 5.91. The van der Waals surface area contributed by atoms with E-state index in [1.54, 1.807) is 7.11 Å². The molecule has 2 aromatic carbocycles. The van der Waals surface area contributed by atoms with E-state index in [-0.39, 0.29) is 12.7 Å². The fraction of sp³-hybridized carbons (Fsp3) is 0.458. The van der Waals surface area contributed by atoms with Gasteiger partial charge in [0.25, 0.3) is 0 Å². The molecular weight excluding hydrogens is 380 g/mol. The minimum atomic E-state index is 0.107. The highest BCUT2D eigenvalue weighted by Gasteiger charge is 2.23. The van der Waals surface area contributed by atoms with Crippen molar-refractivity contribution in [3.05, 3.63) is 47.5 Å². The number of amides is 1. The Balaban J connectivity index is 1.22. The van der Waals surface area contributed by atoms with Gasteiger partial charge in [-0.25, -0.2) is 0 Å². The first-order chi connectivity index (χ1) is 14.6. The molecule has 4 rings (SSSR count). The van der Waals surface area contributed by atoms with Gasteiger partial charge < -0.3 is 19.5 Å². The minimum absolute atomic E-state index is 0.107. The van der Waals surface area contributed by atoms with E-state index in [0.29, 0.717) is 18.1 Å². The average molecular weight is 411 g/mol. The van der Waals surface area contributed by atoms with Crippen LogP contribution >= 0.6 is 0 Å². The number of hydrogen-bond acceptors (Lipinski definition) is 5. The van der Waals surface area contributed by atoms with Crippen molar-refractivity contribution in [2.24, 2.45) is 5.92 Å². The third-order valence-corrected chi connectivity index (χ3v) is 5.91. The smallest absolute Gasteiger partial charge is 0.231 e. The number of benzene rings is 2. The summed E-state index contributed by atoms with van der Waals surface area (Å²) in [5, 5.41) is 3.01. The van der Waals surface area contributed by atoms with Crippen LogP contribution in [0, 0.1) is 12.8 Å². The van der Waals surface area contributed by atoms with Crippen molar-refractivity contribution in [3.8, 4) is 17.2 Å². The van der Waals surface area contributed by atoms with Crippen molar-refractivity contribution < 1.29 is 19.0 Å². The molecule has 0 aromatic heterocycles. The summed E-state index contributed by atoms with van der Waals surface area (Å²) in [4.78, 5) is 14.7. The number of rotatable bonds is 7. The van der Waals surface area contributed by atoms with Gasteiger partial charge in [0.15, 0.2) is 11.5 Å². The quantitative estimate of drug-likeness (QED) is 0.735. The molecule has 1 amide bonds. The molecule has 1 fully saturated rings. The maximum Gasteiger partial charge on any atom is 0.231 e. The number of fused-ring (bicyclic) bond motifs is 1. The molecular formula is C24H30N2O4. The van der Waals surface area contributed by atoms with E-state index < -0.39 is 0 Å². The average Bonchev–Trinajstić information content (AvgIpc) is 3.21. The van der Waals surface area contributed by atoms with E-state index in [0.717, 1.165) is 61.6 Å². The van der Waals surface area contributed by atoms with Gasteiger partial charge in [0, 0.05) is 18.7 Å². The molecule has 1 saturated heterocycles. The van der Waals surface area contributed by atoms with E-state index >= 15 is 0 Å². The van der Waals surface area contributed by atoms with E-state index in [4.69, 9.17) is 14.2 Å². The number of nitrogens with one attached hydrogen (secondary N) is 1. The summed E-state index contributed by atoms with van der Waals surface area (Å²) >= 11 is 0. The Morgan fingerprint density at radius 2 is 2.03 bits per heavy atom. The molecule has 2 aliphatic rings. The molecule has 0 saturated carbocycles. The maximum absolute atomic E-state index is 12.3. The van der Waals surface area contributed by atoms with Crippen molar-refractivity contribution in [3.63, 3.8) is 0 Å². The molecule has 2 heterocycles. The monoisotopic (exact) mass is 410 g/mol. The molecule has 0 atom stereocenters. The number of nitrogens with zero attached hydrogens (tertiary/aromatic N) is 1. The number of carbonyl (C=O) groups excluding carboxylic acids is 1. The lowest BCUT2D eigenvalue weighted by Gasteiger charge is -2.32. The Hall–Kier alpha value is -2.73. The molecule has 0 radical (unpaired) electrons. The van der Waals surface area contributed by atoms with Crippen molar-refractivity contribution in [1.82, 2.24) is 4.90 Å². The van der Waals surface area contributed by atoms with Crippen molar-refractivity contribution in [2.75, 3.05) is 32.3 Å². The molecule has 30 heavy (non-hydrogen) atoms. The van der Waals surface area contributed by atoms with Gasteiger partial charge in [-0.3, -0.25) is 9.69 Å². The second kappa shape index (κ2) is 9.39. The van der Waals surface area contributed by atoms with Gasteiger partial charge in [0.1, 0.15) is 0 Å². The summed E-state index contributed by atoms with van der Waals surface area (Å²) < 4.78 is 16.5. The molecule has 2 aliphatic heterocycles. The van der Waals surface area contributed by atoms with Gasteiger partial charge in [-0.15, -0.1) is 0 Å². The lowest BCUT2D eigenvalue weighted by Crippen LogP contribution is -2.33. The zero-order valence-corrected chi connectivity index (χ0v) is 17.8. The fourth-order valence-electron chi connectivity index (χ4n) is 4.25. The Morgan fingerprint density at radius 3 is 2.80 bits per heavy atom. The van der Waals surface area contributed by atoms with Gasteiger partial charge in [-0.2, -0.15) is 0 Å². The van der Waals surface area contributed by atoms with Crippen molar-refractivity contribution in [1.29, 1.82) is 0 Å². The van der Waals surface area contributed by atoms with Crippen molar-refractivity contribution >= 4 is 11.6 Å². The van der Waals surface area contributed by atoms with Crippen LogP contribution in [0.25, 0.3) is 0 Å². The van der Waals surface area contributed by atoms with Crippen LogP contribution in [-0.2, 0) is 11.3 Å². The highest BCUT2D eigenvalue weighted by Crippen LogP contribution is 2.42. The number of anilines is 1. The molecule has 0 bridgehead atoms. The first-order valence-electron chi connectivity index (χ1n) is 10.7. The minimum Gasteiger partial charge on any atom is -0.493 e. The summed E-state index contributed by atoms with van der Waals surface area (Å²) in [6.45, 7) is 5.23. The number of piperidine rings is 1. The van der Waals surface area contributed by atoms with E-state index in [1.807, 2.05) is 43.3 Å². The molecule has 2 aromatic rings. The summed E-state index contributed by atoms with van der Waals surface area (Å²) in [7, 11) is 1.65. The van der Waals surface area contributed by atoms with Crippen LogP contribution in [-0.4, -0.2) is 37.8 Å². The SMILES string of the molecule is COc1cc(CN2CCC(CCC(=O)Nc3cccc(C)c3)CC2)cc2c1OCO2. The second-order valence-electron chi connectivity index (χ2n) is 8.21. The van der Waals surface area contributed by atoms with Crippen LogP contribution in [0.5, 0.6) is 17.2 Å². The number of carbonyl (C=O) groups is 1. The summed E-state index contributed by atoms with van der Waals surface area (Å²) in [6, 6.07) is 12.0. The molecule has 0 aliphatic carbocycles. The third kappa shape index (κ3) is 5.05. The Morgan fingerprint density at radius 1 is 1.20 bits per heavy atom. The lowest BCUT2D eigenvalue weighted by atomic mass is 9.92. The first kappa shape index (κ1) is 20.5. The van der Waals surface area contributed by atoms with E-state index in [2.05, 4.69) is 10.2 Å². The number of ether oxygens (including phenoxy) is 3.